The lowest BCUT2D eigenvalue weighted by atomic mass is 9.96. The Morgan fingerprint density at radius 2 is 1.97 bits per heavy atom. The second kappa shape index (κ2) is 7.43. The van der Waals surface area contributed by atoms with Crippen LogP contribution in [0.5, 0.6) is 0 Å². The lowest BCUT2D eigenvalue weighted by Crippen LogP contribution is -2.68. The molecule has 1 aromatic carbocycles. The number of carbonyl (C=O) groups excluding carboxylic acids is 5. The fourth-order valence-corrected chi connectivity index (χ4v) is 4.31. The van der Waals surface area contributed by atoms with Gasteiger partial charge in [0.25, 0.3) is 11.8 Å². The van der Waals surface area contributed by atoms with Gasteiger partial charge in [0.15, 0.2) is 6.61 Å². The summed E-state index contributed by atoms with van der Waals surface area (Å²) in [6.07, 6.45) is 0.709. The molecular weight excluding hydrogens is 392 g/mol. The highest BCUT2D eigenvalue weighted by molar-refractivity contribution is 6.15. The van der Waals surface area contributed by atoms with E-state index in [-0.39, 0.29) is 37.7 Å². The minimum atomic E-state index is -1.63. The van der Waals surface area contributed by atoms with Crippen LogP contribution in [-0.2, 0) is 19.1 Å². The Morgan fingerprint density at radius 1 is 1.20 bits per heavy atom. The second-order valence-electron chi connectivity index (χ2n) is 7.37. The van der Waals surface area contributed by atoms with Gasteiger partial charge in [-0.05, 0) is 18.6 Å². The molecule has 2 fully saturated rings. The number of hydrogen-bond acceptors (Lipinski definition) is 6. The van der Waals surface area contributed by atoms with Gasteiger partial charge in [-0.25, -0.2) is 9.59 Å². The van der Waals surface area contributed by atoms with E-state index < -0.39 is 30.2 Å². The van der Waals surface area contributed by atoms with Gasteiger partial charge in [0.2, 0.25) is 11.6 Å². The number of carbonyl (C=O) groups is 5. The Morgan fingerprint density at radius 3 is 2.67 bits per heavy atom. The fraction of sp³-hybridized carbons (Fsp3) is 0.450. The topological polar surface area (TPSA) is 116 Å². The Bertz CT molecular complexity index is 947. The van der Waals surface area contributed by atoms with E-state index in [0.717, 1.165) is 4.90 Å². The van der Waals surface area contributed by atoms with Gasteiger partial charge < -0.3 is 15.0 Å². The summed E-state index contributed by atoms with van der Waals surface area (Å²) in [4.78, 5) is 66.9. The number of hydrogen-bond donors (Lipinski definition) is 1. The SMILES string of the molecule is CCCN1C(=O)c2ccccc2N2C(=O)CC[C@]12C(=O)OCC(=O)N1CCNC1=O. The van der Waals surface area contributed by atoms with E-state index in [0.29, 0.717) is 24.2 Å². The van der Waals surface area contributed by atoms with E-state index in [2.05, 4.69) is 5.32 Å². The van der Waals surface area contributed by atoms with Crippen molar-refractivity contribution in [2.24, 2.45) is 0 Å². The van der Waals surface area contributed by atoms with Crippen molar-refractivity contribution in [2.75, 3.05) is 31.1 Å². The summed E-state index contributed by atoms with van der Waals surface area (Å²) in [7, 11) is 0. The van der Waals surface area contributed by atoms with Crippen LogP contribution in [0, 0.1) is 0 Å². The molecule has 3 aliphatic heterocycles. The number of benzene rings is 1. The van der Waals surface area contributed by atoms with Gasteiger partial charge in [0.1, 0.15) is 0 Å². The third-order valence-corrected chi connectivity index (χ3v) is 5.63. The molecule has 30 heavy (non-hydrogen) atoms. The number of anilines is 1. The largest absolute Gasteiger partial charge is 0.452 e. The van der Waals surface area contributed by atoms with Gasteiger partial charge in [-0.2, -0.15) is 0 Å². The normalized spacial score (nSPS) is 22.7. The third kappa shape index (κ3) is 2.82. The number of nitrogens with zero attached hydrogens (tertiary/aromatic N) is 3. The van der Waals surface area contributed by atoms with E-state index in [1.165, 1.54) is 9.80 Å². The summed E-state index contributed by atoms with van der Waals surface area (Å²) in [6, 6.07) is 6.10. The van der Waals surface area contributed by atoms with Crippen LogP contribution >= 0.6 is 0 Å². The summed E-state index contributed by atoms with van der Waals surface area (Å²) in [5.74, 6) is -2.16. The molecule has 4 rings (SSSR count). The first-order valence-corrected chi connectivity index (χ1v) is 9.91. The molecule has 3 aliphatic rings. The van der Waals surface area contributed by atoms with Crippen molar-refractivity contribution in [3.63, 3.8) is 0 Å². The zero-order chi connectivity index (χ0) is 21.5. The summed E-state index contributed by atoms with van der Waals surface area (Å²) >= 11 is 0. The van der Waals surface area contributed by atoms with Crippen LogP contribution in [0.2, 0.25) is 0 Å². The number of fused-ring (bicyclic) bond motifs is 3. The number of imide groups is 1. The Kier molecular flexibility index (Phi) is 4.92. The van der Waals surface area contributed by atoms with Crippen LogP contribution in [0.4, 0.5) is 10.5 Å². The molecule has 1 N–H and O–H groups in total. The maximum absolute atomic E-state index is 13.3. The van der Waals surface area contributed by atoms with Gasteiger partial charge in [0, 0.05) is 32.5 Å². The van der Waals surface area contributed by atoms with Gasteiger partial charge in [0.05, 0.1) is 11.3 Å². The Labute approximate surface area is 172 Å². The van der Waals surface area contributed by atoms with Crippen LogP contribution in [0.25, 0.3) is 0 Å². The van der Waals surface area contributed by atoms with E-state index >= 15 is 0 Å². The first kappa shape index (κ1) is 19.9. The average Bonchev–Trinajstić information content (AvgIpc) is 3.33. The maximum atomic E-state index is 13.3. The summed E-state index contributed by atoms with van der Waals surface area (Å²) in [5, 5.41) is 2.50. The molecule has 0 unspecified atom stereocenters. The van der Waals surface area contributed by atoms with Crippen LogP contribution in [-0.4, -0.2) is 71.4 Å². The van der Waals surface area contributed by atoms with Crippen LogP contribution in [0.1, 0.15) is 36.5 Å². The number of amides is 5. The molecule has 0 aliphatic carbocycles. The lowest BCUT2D eigenvalue weighted by Gasteiger charge is -2.48. The molecular formula is C20H22N4O6. The van der Waals surface area contributed by atoms with E-state index in [4.69, 9.17) is 4.74 Å². The molecule has 0 aromatic heterocycles. The van der Waals surface area contributed by atoms with Crippen molar-refractivity contribution in [3.05, 3.63) is 29.8 Å². The predicted molar refractivity (Wildman–Crippen MR) is 103 cm³/mol. The molecule has 0 saturated carbocycles. The molecule has 158 valence electrons. The van der Waals surface area contributed by atoms with Gasteiger partial charge in [-0.3, -0.25) is 24.2 Å². The first-order valence-electron chi connectivity index (χ1n) is 9.91. The molecule has 1 atom stereocenters. The fourth-order valence-electron chi connectivity index (χ4n) is 4.31. The maximum Gasteiger partial charge on any atom is 0.354 e. The standard InChI is InChI=1S/C20H22N4O6/c1-2-10-23-17(27)13-5-3-4-6-14(13)24-15(25)7-8-20(23,24)18(28)30-12-16(26)22-11-9-21-19(22)29/h3-6H,2,7-12H2,1H3,(H,21,29)/t20-/m0/s1. The predicted octanol–water partition coefficient (Wildman–Crippen LogP) is 0.471. The summed E-state index contributed by atoms with van der Waals surface area (Å²) in [5.41, 5.74) is -0.930. The van der Waals surface area contributed by atoms with Crippen molar-refractivity contribution in [1.29, 1.82) is 0 Å². The molecule has 10 heteroatoms. The van der Waals surface area contributed by atoms with Gasteiger partial charge in [-0.1, -0.05) is 19.1 Å². The van der Waals surface area contributed by atoms with E-state index in [1.807, 2.05) is 6.92 Å². The lowest BCUT2D eigenvalue weighted by molar-refractivity contribution is -0.161. The summed E-state index contributed by atoms with van der Waals surface area (Å²) < 4.78 is 5.30. The number of rotatable bonds is 5. The molecule has 0 spiro atoms. The third-order valence-electron chi connectivity index (χ3n) is 5.63. The number of nitrogens with one attached hydrogen (secondary N) is 1. The molecule has 0 bridgehead atoms. The van der Waals surface area contributed by atoms with Crippen molar-refractivity contribution in [3.8, 4) is 0 Å². The van der Waals surface area contributed by atoms with E-state index in [1.54, 1.807) is 24.3 Å². The molecule has 10 nitrogen and oxygen atoms in total. The molecule has 5 amide bonds. The van der Waals surface area contributed by atoms with Crippen molar-refractivity contribution in [1.82, 2.24) is 15.1 Å². The zero-order valence-electron chi connectivity index (χ0n) is 16.6. The number of esters is 1. The number of ether oxygens (including phenoxy) is 1. The van der Waals surface area contributed by atoms with Crippen molar-refractivity contribution < 1.29 is 28.7 Å². The monoisotopic (exact) mass is 414 g/mol. The van der Waals surface area contributed by atoms with E-state index in [9.17, 15) is 24.0 Å². The van der Waals surface area contributed by atoms with Crippen LogP contribution < -0.4 is 10.2 Å². The van der Waals surface area contributed by atoms with Gasteiger partial charge >= 0.3 is 12.0 Å². The average molecular weight is 414 g/mol. The van der Waals surface area contributed by atoms with Crippen molar-refractivity contribution >= 4 is 35.4 Å². The smallest absolute Gasteiger partial charge is 0.354 e. The molecule has 2 saturated heterocycles. The minimum absolute atomic E-state index is 0.0689. The zero-order valence-corrected chi connectivity index (χ0v) is 16.6. The summed E-state index contributed by atoms with van der Waals surface area (Å²) in [6.45, 7) is 1.99. The van der Waals surface area contributed by atoms with Crippen LogP contribution in [0.15, 0.2) is 24.3 Å². The highest BCUT2D eigenvalue weighted by atomic mass is 16.5. The number of para-hydroxylation sites is 1. The minimum Gasteiger partial charge on any atom is -0.452 e. The Hall–Kier alpha value is -3.43. The first-order chi connectivity index (χ1) is 14.4. The van der Waals surface area contributed by atoms with Gasteiger partial charge in [-0.15, -0.1) is 0 Å². The van der Waals surface area contributed by atoms with Crippen molar-refractivity contribution in [2.45, 2.75) is 31.8 Å². The molecule has 1 aromatic rings. The number of urea groups is 1. The van der Waals surface area contributed by atoms with Crippen LogP contribution in [0.3, 0.4) is 0 Å². The molecule has 0 radical (unpaired) electrons. The second-order valence-corrected chi connectivity index (χ2v) is 7.37. The Balaban J connectivity index is 1.67. The quantitative estimate of drug-likeness (QED) is 0.700. The highest BCUT2D eigenvalue weighted by Gasteiger charge is 2.61. The molecule has 3 heterocycles. The highest BCUT2D eigenvalue weighted by Crippen LogP contribution is 2.45.